The van der Waals surface area contributed by atoms with Gasteiger partial charge in [-0.15, -0.1) is 0 Å². The van der Waals surface area contributed by atoms with Crippen LogP contribution in [-0.4, -0.2) is 38.4 Å². The predicted octanol–water partition coefficient (Wildman–Crippen LogP) is 4.26. The summed E-state index contributed by atoms with van der Waals surface area (Å²) in [6.07, 6.45) is 2.41. The maximum Gasteiger partial charge on any atom is 0.319 e. The number of nitrogens with zero attached hydrogens (tertiary/aromatic N) is 1. The monoisotopic (exact) mass is 435 g/mol. The summed E-state index contributed by atoms with van der Waals surface area (Å²) in [7, 11) is -3.42. The van der Waals surface area contributed by atoms with Gasteiger partial charge in [0.15, 0.2) is 0 Å². The molecule has 6 nitrogen and oxygen atoms in total. The number of halogens is 1. The lowest BCUT2D eigenvalue weighted by Gasteiger charge is -2.31. The van der Waals surface area contributed by atoms with Crippen molar-refractivity contribution in [3.63, 3.8) is 0 Å². The first-order valence-electron chi connectivity index (χ1n) is 9.72. The number of benzene rings is 2. The van der Waals surface area contributed by atoms with Crippen molar-refractivity contribution in [1.82, 2.24) is 9.62 Å². The number of sulfonamides is 1. The van der Waals surface area contributed by atoms with E-state index in [0.717, 1.165) is 24.8 Å². The van der Waals surface area contributed by atoms with Crippen molar-refractivity contribution in [2.45, 2.75) is 31.1 Å². The number of hydrogen-bond acceptors (Lipinski definition) is 3. The van der Waals surface area contributed by atoms with Crippen LogP contribution in [0.3, 0.4) is 0 Å². The van der Waals surface area contributed by atoms with Crippen LogP contribution in [0.25, 0.3) is 0 Å². The van der Waals surface area contributed by atoms with Crippen molar-refractivity contribution in [2.75, 3.05) is 25.0 Å². The van der Waals surface area contributed by atoms with Crippen molar-refractivity contribution in [3.05, 3.63) is 59.1 Å². The molecule has 2 aromatic carbocycles. The fraction of sp³-hybridized carbons (Fsp3) is 0.381. The zero-order chi connectivity index (χ0) is 20.9. The van der Waals surface area contributed by atoms with Gasteiger partial charge >= 0.3 is 6.03 Å². The van der Waals surface area contributed by atoms with E-state index in [4.69, 9.17) is 11.6 Å². The molecule has 0 unspecified atom stereocenters. The first-order valence-corrected chi connectivity index (χ1v) is 11.5. The van der Waals surface area contributed by atoms with Crippen LogP contribution in [0.1, 0.15) is 24.8 Å². The second kappa shape index (κ2) is 9.61. The quantitative estimate of drug-likeness (QED) is 0.711. The number of amides is 2. The van der Waals surface area contributed by atoms with Crippen LogP contribution in [-0.2, 0) is 10.0 Å². The average Bonchev–Trinajstić information content (AvgIpc) is 2.72. The number of nitrogens with one attached hydrogen (secondary N) is 2. The summed E-state index contributed by atoms with van der Waals surface area (Å²) in [5, 5.41) is 6.25. The highest BCUT2D eigenvalue weighted by molar-refractivity contribution is 7.89. The third-order valence-electron chi connectivity index (χ3n) is 5.24. The van der Waals surface area contributed by atoms with E-state index in [1.807, 2.05) is 19.1 Å². The molecule has 0 atom stereocenters. The normalized spacial score (nSPS) is 15.8. The highest BCUT2D eigenvalue weighted by atomic mass is 35.5. The third kappa shape index (κ3) is 5.72. The Morgan fingerprint density at radius 1 is 1.14 bits per heavy atom. The van der Waals surface area contributed by atoms with E-state index >= 15 is 0 Å². The molecule has 29 heavy (non-hydrogen) atoms. The standard InChI is InChI=1S/C21H26ClN3O3S/c1-16-7-8-18(22)15-20(16)24-21(26)23-12-9-17-10-13-25(14-11-17)29(27,28)19-5-3-2-4-6-19/h2-8,15,17H,9-14H2,1H3,(H2,23,24,26). The molecule has 8 heteroatoms. The van der Waals surface area contributed by atoms with E-state index in [0.29, 0.717) is 41.2 Å². The van der Waals surface area contributed by atoms with E-state index in [1.54, 1.807) is 40.7 Å². The first kappa shape index (κ1) is 21.6. The average molecular weight is 436 g/mol. The van der Waals surface area contributed by atoms with Gasteiger partial charge in [0.1, 0.15) is 0 Å². The molecule has 3 rings (SSSR count). The second-order valence-corrected chi connectivity index (χ2v) is 9.66. The van der Waals surface area contributed by atoms with Crippen LogP contribution in [0.2, 0.25) is 5.02 Å². The fourth-order valence-electron chi connectivity index (χ4n) is 3.47. The lowest BCUT2D eigenvalue weighted by molar-refractivity contribution is 0.245. The molecule has 0 spiro atoms. The summed E-state index contributed by atoms with van der Waals surface area (Å²) < 4.78 is 26.9. The van der Waals surface area contributed by atoms with Crippen LogP contribution < -0.4 is 10.6 Å². The van der Waals surface area contributed by atoms with Gasteiger partial charge in [0.25, 0.3) is 0 Å². The Kier molecular flexibility index (Phi) is 7.16. The van der Waals surface area contributed by atoms with Crippen molar-refractivity contribution in [2.24, 2.45) is 5.92 Å². The lowest BCUT2D eigenvalue weighted by Crippen LogP contribution is -2.39. The van der Waals surface area contributed by atoms with E-state index in [2.05, 4.69) is 10.6 Å². The van der Waals surface area contributed by atoms with Crippen molar-refractivity contribution < 1.29 is 13.2 Å². The number of urea groups is 1. The number of hydrogen-bond donors (Lipinski definition) is 2. The van der Waals surface area contributed by atoms with E-state index in [9.17, 15) is 13.2 Å². The predicted molar refractivity (Wildman–Crippen MR) is 116 cm³/mol. The van der Waals surface area contributed by atoms with Gasteiger partial charge in [-0.3, -0.25) is 0 Å². The van der Waals surface area contributed by atoms with Gasteiger partial charge in [-0.2, -0.15) is 4.31 Å². The fourth-order valence-corrected chi connectivity index (χ4v) is 5.13. The summed E-state index contributed by atoms with van der Waals surface area (Å²) in [4.78, 5) is 12.4. The number of carbonyl (C=O) groups is 1. The lowest BCUT2D eigenvalue weighted by atomic mass is 9.95. The SMILES string of the molecule is Cc1ccc(Cl)cc1NC(=O)NCCC1CCN(S(=O)(=O)c2ccccc2)CC1. The Morgan fingerprint density at radius 2 is 1.83 bits per heavy atom. The summed E-state index contributed by atoms with van der Waals surface area (Å²) >= 11 is 5.97. The van der Waals surface area contributed by atoms with Crippen molar-refractivity contribution in [1.29, 1.82) is 0 Å². The van der Waals surface area contributed by atoms with Gasteiger partial charge in [-0.25, -0.2) is 13.2 Å². The van der Waals surface area contributed by atoms with E-state index < -0.39 is 10.0 Å². The Hall–Kier alpha value is -2.09. The minimum absolute atomic E-state index is 0.264. The summed E-state index contributed by atoms with van der Waals surface area (Å²) in [5.41, 5.74) is 1.63. The molecule has 1 fully saturated rings. The second-order valence-electron chi connectivity index (χ2n) is 7.29. The molecule has 1 aliphatic heterocycles. The summed E-state index contributed by atoms with van der Waals surface area (Å²) in [6, 6.07) is 13.6. The van der Waals surface area contributed by atoms with Crippen molar-refractivity contribution in [3.8, 4) is 0 Å². The number of carbonyl (C=O) groups excluding carboxylic acids is 1. The zero-order valence-corrected chi connectivity index (χ0v) is 18.0. The molecule has 156 valence electrons. The van der Waals surface area contributed by atoms with Crippen LogP contribution in [0, 0.1) is 12.8 Å². The summed E-state index contributed by atoms with van der Waals surface area (Å²) in [6.45, 7) is 3.47. The van der Waals surface area contributed by atoms with Crippen LogP contribution >= 0.6 is 11.6 Å². The summed E-state index contributed by atoms with van der Waals surface area (Å²) in [5.74, 6) is 0.394. The van der Waals surface area contributed by atoms with Gasteiger partial charge in [0, 0.05) is 30.3 Å². The molecule has 1 saturated heterocycles. The third-order valence-corrected chi connectivity index (χ3v) is 7.39. The van der Waals surface area contributed by atoms with Gasteiger partial charge in [0.05, 0.1) is 4.90 Å². The van der Waals surface area contributed by atoms with E-state index in [1.165, 1.54) is 0 Å². The van der Waals surface area contributed by atoms with Crippen LogP contribution in [0.5, 0.6) is 0 Å². The molecular formula is C21H26ClN3O3S. The zero-order valence-electron chi connectivity index (χ0n) is 16.4. The maximum absolute atomic E-state index is 12.7. The molecule has 1 aliphatic rings. The van der Waals surface area contributed by atoms with Gasteiger partial charge < -0.3 is 10.6 Å². The van der Waals surface area contributed by atoms with Gasteiger partial charge in [-0.1, -0.05) is 35.9 Å². The Balaban J connectivity index is 1.42. The molecule has 0 aromatic heterocycles. The molecule has 2 amide bonds. The Bertz CT molecular complexity index is 943. The molecule has 0 bridgehead atoms. The smallest absolute Gasteiger partial charge is 0.319 e. The molecule has 2 aromatic rings. The van der Waals surface area contributed by atoms with Crippen LogP contribution in [0.15, 0.2) is 53.4 Å². The number of piperidine rings is 1. The number of anilines is 1. The highest BCUT2D eigenvalue weighted by Crippen LogP contribution is 2.25. The molecule has 0 aliphatic carbocycles. The highest BCUT2D eigenvalue weighted by Gasteiger charge is 2.29. The number of rotatable bonds is 6. The first-order chi connectivity index (χ1) is 13.9. The molecule has 1 heterocycles. The molecular weight excluding hydrogens is 410 g/mol. The topological polar surface area (TPSA) is 78.5 Å². The minimum Gasteiger partial charge on any atom is -0.338 e. The van der Waals surface area contributed by atoms with Crippen LogP contribution in [0.4, 0.5) is 10.5 Å². The Morgan fingerprint density at radius 3 is 2.52 bits per heavy atom. The van der Waals surface area contributed by atoms with Gasteiger partial charge in [0.2, 0.25) is 10.0 Å². The van der Waals surface area contributed by atoms with Gasteiger partial charge in [-0.05, 0) is 61.9 Å². The minimum atomic E-state index is -3.42. The van der Waals surface area contributed by atoms with Crippen molar-refractivity contribution >= 4 is 33.3 Å². The largest absolute Gasteiger partial charge is 0.338 e. The molecule has 0 radical (unpaired) electrons. The maximum atomic E-state index is 12.7. The Labute approximate surface area is 177 Å². The van der Waals surface area contributed by atoms with E-state index in [-0.39, 0.29) is 6.03 Å². The molecule has 2 N–H and O–H groups in total. The number of aryl methyl sites for hydroxylation is 1. The molecule has 0 saturated carbocycles.